The van der Waals surface area contributed by atoms with Crippen molar-refractivity contribution in [3.63, 3.8) is 0 Å². The Balaban J connectivity index is 1.47. The van der Waals surface area contributed by atoms with E-state index in [1.807, 2.05) is 11.0 Å². The highest BCUT2D eigenvalue weighted by Crippen LogP contribution is 2.16. The molecule has 2 fully saturated rings. The minimum atomic E-state index is -0.214. The van der Waals surface area contributed by atoms with Gasteiger partial charge in [0.1, 0.15) is 6.07 Å². The van der Waals surface area contributed by atoms with Crippen molar-refractivity contribution in [3.8, 4) is 6.07 Å². The molecule has 0 aromatic carbocycles. The number of hydrogen-bond acceptors (Lipinski definition) is 6. The van der Waals surface area contributed by atoms with Gasteiger partial charge >= 0.3 is 0 Å². The Morgan fingerprint density at radius 1 is 1.42 bits per heavy atom. The number of nitriles is 1. The molecule has 3 heterocycles. The fourth-order valence-electron chi connectivity index (χ4n) is 2.94. The summed E-state index contributed by atoms with van der Waals surface area (Å²) in [5.74, 6) is -0.133. The van der Waals surface area contributed by atoms with Crippen LogP contribution < -0.4 is 5.32 Å². The van der Waals surface area contributed by atoms with E-state index in [9.17, 15) is 9.59 Å². The first-order chi connectivity index (χ1) is 11.7. The second-order valence-electron chi connectivity index (χ2n) is 5.98. The van der Waals surface area contributed by atoms with Crippen molar-refractivity contribution in [2.45, 2.75) is 12.5 Å². The zero-order valence-electron chi connectivity index (χ0n) is 13.4. The predicted molar refractivity (Wildman–Crippen MR) is 88.7 cm³/mol. The maximum Gasteiger partial charge on any atom is 0.261 e. The van der Waals surface area contributed by atoms with E-state index < -0.39 is 0 Å². The third-order valence-electron chi connectivity index (χ3n) is 4.29. The van der Waals surface area contributed by atoms with Crippen LogP contribution in [0.25, 0.3) is 0 Å². The molecule has 1 aromatic heterocycles. The van der Waals surface area contributed by atoms with Crippen LogP contribution in [-0.2, 0) is 9.53 Å². The van der Waals surface area contributed by atoms with Gasteiger partial charge in [0.25, 0.3) is 5.91 Å². The topological polar surface area (TPSA) is 85.7 Å². The standard InChI is InChI=1S/C16H20N4O3S/c17-9-12-7-14(24-11-12)16(22)18-13-8-15(21)20(10-13)2-1-19-3-5-23-6-4-19/h7,11,13H,1-6,8,10H2,(H,18,22)/t13-/m1/s1. The zero-order chi connectivity index (χ0) is 16.9. The summed E-state index contributed by atoms with van der Waals surface area (Å²) in [7, 11) is 0. The third kappa shape index (κ3) is 4.12. The van der Waals surface area contributed by atoms with Gasteiger partial charge in [0.15, 0.2) is 0 Å². The van der Waals surface area contributed by atoms with E-state index in [1.54, 1.807) is 11.4 Å². The molecule has 2 amide bonds. The Bertz CT molecular complexity index is 648. The molecule has 1 N–H and O–H groups in total. The Kier molecular flexibility index (Phi) is 5.45. The van der Waals surface area contributed by atoms with Crippen LogP contribution in [0.2, 0.25) is 0 Å². The highest BCUT2D eigenvalue weighted by molar-refractivity contribution is 7.12. The predicted octanol–water partition coefficient (Wildman–Crippen LogP) is 0.283. The van der Waals surface area contributed by atoms with Crippen LogP contribution in [0.4, 0.5) is 0 Å². The van der Waals surface area contributed by atoms with Gasteiger partial charge in [-0.05, 0) is 6.07 Å². The van der Waals surface area contributed by atoms with Gasteiger partial charge in [-0.15, -0.1) is 11.3 Å². The Labute approximate surface area is 144 Å². The quantitative estimate of drug-likeness (QED) is 0.826. The molecule has 8 heteroatoms. The van der Waals surface area contributed by atoms with Gasteiger partial charge < -0.3 is 15.0 Å². The van der Waals surface area contributed by atoms with Gasteiger partial charge in [0.2, 0.25) is 5.91 Å². The molecule has 128 valence electrons. The molecule has 24 heavy (non-hydrogen) atoms. The van der Waals surface area contributed by atoms with Crippen LogP contribution in [-0.4, -0.2) is 73.6 Å². The fraction of sp³-hybridized carbons (Fsp3) is 0.562. The van der Waals surface area contributed by atoms with Crippen LogP contribution >= 0.6 is 11.3 Å². The smallest absolute Gasteiger partial charge is 0.261 e. The van der Waals surface area contributed by atoms with E-state index in [0.29, 0.717) is 30.0 Å². The second-order valence-corrected chi connectivity index (χ2v) is 6.89. The molecular formula is C16H20N4O3S. The molecule has 2 aliphatic heterocycles. The van der Waals surface area contributed by atoms with E-state index in [4.69, 9.17) is 10.00 Å². The molecule has 0 spiro atoms. The van der Waals surface area contributed by atoms with Gasteiger partial charge in [0, 0.05) is 44.5 Å². The lowest BCUT2D eigenvalue weighted by molar-refractivity contribution is -0.128. The van der Waals surface area contributed by atoms with E-state index in [2.05, 4.69) is 10.2 Å². The molecule has 0 aliphatic carbocycles. The van der Waals surface area contributed by atoms with Crippen molar-refractivity contribution in [1.29, 1.82) is 5.26 Å². The number of likely N-dealkylation sites (tertiary alicyclic amines) is 1. The number of carbonyl (C=O) groups excluding carboxylic acids is 2. The summed E-state index contributed by atoms with van der Waals surface area (Å²) in [5, 5.41) is 13.4. The highest BCUT2D eigenvalue weighted by Gasteiger charge is 2.31. The number of nitrogens with one attached hydrogen (secondary N) is 1. The van der Waals surface area contributed by atoms with Crippen molar-refractivity contribution in [1.82, 2.24) is 15.1 Å². The van der Waals surface area contributed by atoms with E-state index in [0.717, 1.165) is 32.8 Å². The second kappa shape index (κ2) is 7.75. The molecule has 1 aromatic rings. The molecule has 0 unspecified atom stereocenters. The molecule has 1 atom stereocenters. The Hall–Kier alpha value is -1.95. The van der Waals surface area contributed by atoms with Crippen molar-refractivity contribution in [2.24, 2.45) is 0 Å². The molecule has 0 saturated carbocycles. The van der Waals surface area contributed by atoms with Crippen LogP contribution in [0, 0.1) is 11.3 Å². The number of rotatable bonds is 5. The highest BCUT2D eigenvalue weighted by atomic mass is 32.1. The minimum absolute atomic E-state index is 0.0810. The zero-order valence-corrected chi connectivity index (χ0v) is 14.2. The maximum absolute atomic E-state index is 12.2. The average Bonchev–Trinajstić information content (AvgIpc) is 3.20. The van der Waals surface area contributed by atoms with Crippen LogP contribution in [0.15, 0.2) is 11.4 Å². The first-order valence-electron chi connectivity index (χ1n) is 8.03. The van der Waals surface area contributed by atoms with Gasteiger partial charge in [-0.25, -0.2) is 0 Å². The average molecular weight is 348 g/mol. The van der Waals surface area contributed by atoms with Gasteiger partial charge in [-0.2, -0.15) is 5.26 Å². The molecule has 3 rings (SSSR count). The largest absolute Gasteiger partial charge is 0.379 e. The normalized spacial score (nSPS) is 21.7. The monoisotopic (exact) mass is 348 g/mol. The number of amides is 2. The molecular weight excluding hydrogens is 328 g/mol. The van der Waals surface area contributed by atoms with Crippen LogP contribution in [0.3, 0.4) is 0 Å². The van der Waals surface area contributed by atoms with Gasteiger partial charge in [-0.1, -0.05) is 0 Å². The SMILES string of the molecule is N#Cc1csc(C(=O)N[C@@H]2CC(=O)N(CCN3CCOCC3)C2)c1. The van der Waals surface area contributed by atoms with Crippen LogP contribution in [0.5, 0.6) is 0 Å². The van der Waals surface area contributed by atoms with Crippen molar-refractivity contribution in [3.05, 3.63) is 21.9 Å². The van der Waals surface area contributed by atoms with E-state index in [1.165, 1.54) is 11.3 Å². The summed E-state index contributed by atoms with van der Waals surface area (Å²) in [5.41, 5.74) is 0.486. The van der Waals surface area contributed by atoms with Crippen LogP contribution in [0.1, 0.15) is 21.7 Å². The van der Waals surface area contributed by atoms with Gasteiger partial charge in [0.05, 0.1) is 29.7 Å². The summed E-state index contributed by atoms with van der Waals surface area (Å²) >= 11 is 1.24. The Morgan fingerprint density at radius 3 is 2.92 bits per heavy atom. The van der Waals surface area contributed by atoms with Gasteiger partial charge in [-0.3, -0.25) is 14.5 Å². The number of morpholine rings is 1. The van der Waals surface area contributed by atoms with Crippen molar-refractivity contribution >= 4 is 23.2 Å². The molecule has 2 aliphatic rings. The summed E-state index contributed by atoms with van der Waals surface area (Å²) in [6.07, 6.45) is 0.339. The van der Waals surface area contributed by atoms with E-state index in [-0.39, 0.29) is 17.9 Å². The summed E-state index contributed by atoms with van der Waals surface area (Å²) < 4.78 is 5.32. The number of nitrogens with zero attached hydrogens (tertiary/aromatic N) is 3. The first-order valence-corrected chi connectivity index (χ1v) is 8.91. The number of thiophene rings is 1. The fourth-order valence-corrected chi connectivity index (χ4v) is 3.68. The summed E-state index contributed by atoms with van der Waals surface area (Å²) in [6.45, 7) is 5.38. The number of hydrogen-bond donors (Lipinski definition) is 1. The minimum Gasteiger partial charge on any atom is -0.379 e. The Morgan fingerprint density at radius 2 is 2.21 bits per heavy atom. The lowest BCUT2D eigenvalue weighted by Crippen LogP contribution is -2.42. The summed E-state index contributed by atoms with van der Waals surface area (Å²) in [6, 6.07) is 3.42. The lowest BCUT2D eigenvalue weighted by Gasteiger charge is -2.28. The molecule has 2 saturated heterocycles. The van der Waals surface area contributed by atoms with Crippen molar-refractivity contribution in [2.75, 3.05) is 45.9 Å². The number of carbonyl (C=O) groups is 2. The summed E-state index contributed by atoms with van der Waals surface area (Å²) in [4.78, 5) is 28.9. The third-order valence-corrected chi connectivity index (χ3v) is 5.22. The van der Waals surface area contributed by atoms with Crippen molar-refractivity contribution < 1.29 is 14.3 Å². The first kappa shape index (κ1) is 16.9. The molecule has 0 bridgehead atoms. The molecule has 0 radical (unpaired) electrons. The lowest BCUT2D eigenvalue weighted by atomic mass is 10.2. The van der Waals surface area contributed by atoms with E-state index >= 15 is 0 Å². The maximum atomic E-state index is 12.2. The number of ether oxygens (including phenoxy) is 1. The molecule has 7 nitrogen and oxygen atoms in total.